The van der Waals surface area contributed by atoms with Crippen LogP contribution in [0.25, 0.3) is 0 Å². The summed E-state index contributed by atoms with van der Waals surface area (Å²) in [4.78, 5) is -0.370. The van der Waals surface area contributed by atoms with E-state index in [2.05, 4.69) is 0 Å². The van der Waals surface area contributed by atoms with Crippen LogP contribution in [-0.2, 0) is 37.0 Å². The van der Waals surface area contributed by atoms with E-state index in [9.17, 15) is 25.9 Å². The number of benzene rings is 2. The van der Waals surface area contributed by atoms with Crippen LogP contribution in [0.1, 0.15) is 0 Å². The van der Waals surface area contributed by atoms with E-state index >= 15 is 0 Å². The summed E-state index contributed by atoms with van der Waals surface area (Å²) in [6, 6.07) is 14.4. The molecule has 0 aliphatic rings. The van der Waals surface area contributed by atoms with Crippen LogP contribution in [0.2, 0.25) is 0 Å². The minimum Gasteiger partial charge on any atom is -0.744 e. The first-order valence-corrected chi connectivity index (χ1v) is 8.05. The second kappa shape index (κ2) is 8.27. The Kier molecular flexibility index (Phi) is 7.78. The Bertz CT molecular complexity index is 675. The van der Waals surface area contributed by atoms with Crippen molar-refractivity contribution in [2.45, 2.75) is 9.79 Å². The number of hydrogen-bond donors (Lipinski definition) is 0. The fourth-order valence-electron chi connectivity index (χ4n) is 1.17. The minimum absolute atomic E-state index is 0. The molecule has 0 aromatic heterocycles. The van der Waals surface area contributed by atoms with E-state index in [1.807, 2.05) is 0 Å². The van der Waals surface area contributed by atoms with Gasteiger partial charge in [0.05, 0.1) is 9.79 Å². The van der Waals surface area contributed by atoms with E-state index < -0.39 is 20.2 Å². The average molecular weight is 373 g/mol. The van der Waals surface area contributed by atoms with Crippen LogP contribution in [-0.4, -0.2) is 25.9 Å². The second-order valence-corrected chi connectivity index (χ2v) is 6.29. The van der Waals surface area contributed by atoms with Crippen molar-refractivity contribution in [1.82, 2.24) is 0 Å². The van der Waals surface area contributed by atoms with Gasteiger partial charge in [-0.15, -0.1) is 0 Å². The van der Waals surface area contributed by atoms with Crippen molar-refractivity contribution in [3.8, 4) is 0 Å². The molecule has 0 N–H and O–H groups in total. The first-order valence-electron chi connectivity index (χ1n) is 5.23. The first kappa shape index (κ1) is 19.8. The molecule has 0 atom stereocenters. The molecule has 21 heavy (non-hydrogen) atoms. The van der Waals surface area contributed by atoms with Gasteiger partial charge in [0.25, 0.3) is 0 Å². The Labute approximate surface area is 133 Å². The van der Waals surface area contributed by atoms with Crippen molar-refractivity contribution in [1.29, 1.82) is 0 Å². The van der Waals surface area contributed by atoms with E-state index in [-0.39, 0.29) is 26.6 Å². The van der Waals surface area contributed by atoms with Crippen molar-refractivity contribution >= 4 is 20.2 Å². The predicted molar refractivity (Wildman–Crippen MR) is 68.8 cm³/mol. The van der Waals surface area contributed by atoms with Gasteiger partial charge in [0, 0.05) is 0 Å². The maximum Gasteiger partial charge on any atom is 2.00 e. The Morgan fingerprint density at radius 2 is 0.810 bits per heavy atom. The smallest absolute Gasteiger partial charge is 0.744 e. The maximum absolute atomic E-state index is 10.3. The summed E-state index contributed by atoms with van der Waals surface area (Å²) >= 11 is 0. The van der Waals surface area contributed by atoms with Crippen LogP contribution in [0.5, 0.6) is 0 Å². The van der Waals surface area contributed by atoms with Crippen LogP contribution in [0.4, 0.5) is 0 Å². The zero-order chi connectivity index (χ0) is 15.2. The monoisotopic (exact) mass is 373 g/mol. The van der Waals surface area contributed by atoms with Gasteiger partial charge in [-0.25, -0.2) is 16.8 Å². The van der Waals surface area contributed by atoms with Crippen LogP contribution in [0.15, 0.2) is 70.5 Å². The Hall–Kier alpha value is -1.23. The molecular weight excluding hydrogens is 363 g/mol. The Morgan fingerprint density at radius 3 is 0.952 bits per heavy atom. The summed E-state index contributed by atoms with van der Waals surface area (Å²) in [7, 11) is -8.51. The van der Waals surface area contributed by atoms with Gasteiger partial charge >= 0.3 is 16.8 Å². The molecule has 0 saturated heterocycles. The number of hydrogen-bond acceptors (Lipinski definition) is 6. The molecule has 0 aliphatic heterocycles. The topological polar surface area (TPSA) is 114 Å². The largest absolute Gasteiger partial charge is 2.00 e. The van der Waals surface area contributed by atoms with Crippen molar-refractivity contribution in [3.63, 3.8) is 0 Å². The fraction of sp³-hybridized carbons (Fsp3) is 0. The second-order valence-electron chi connectivity index (χ2n) is 3.53. The molecule has 0 bridgehead atoms. The van der Waals surface area contributed by atoms with Gasteiger partial charge in [0.1, 0.15) is 20.2 Å². The van der Waals surface area contributed by atoms with Crippen molar-refractivity contribution in [3.05, 3.63) is 60.7 Å². The van der Waals surface area contributed by atoms with E-state index in [0.717, 1.165) is 0 Å². The van der Waals surface area contributed by atoms with Crippen LogP contribution in [0.3, 0.4) is 0 Å². The molecule has 0 fully saturated rings. The molecular formula is C12H10CoO6S2. The molecule has 2 aromatic carbocycles. The maximum atomic E-state index is 10.3. The minimum atomic E-state index is -4.25. The third-order valence-electron chi connectivity index (χ3n) is 2.06. The van der Waals surface area contributed by atoms with Crippen molar-refractivity contribution in [2.24, 2.45) is 0 Å². The number of rotatable bonds is 2. The molecule has 0 heterocycles. The van der Waals surface area contributed by atoms with Gasteiger partial charge in [0.15, 0.2) is 0 Å². The van der Waals surface area contributed by atoms with Gasteiger partial charge < -0.3 is 9.11 Å². The van der Waals surface area contributed by atoms with Crippen molar-refractivity contribution in [2.75, 3.05) is 0 Å². The molecule has 0 unspecified atom stereocenters. The Balaban J connectivity index is 0.000000364. The summed E-state index contributed by atoms with van der Waals surface area (Å²) in [5.74, 6) is 0. The van der Waals surface area contributed by atoms with E-state index in [0.29, 0.717) is 0 Å². The normalized spacial score (nSPS) is 10.8. The average Bonchev–Trinajstić information content (AvgIpc) is 2.40. The molecule has 115 valence electrons. The predicted octanol–water partition coefficient (Wildman–Crippen LogP) is 1.18. The molecule has 0 spiro atoms. The molecule has 0 amide bonds. The van der Waals surface area contributed by atoms with E-state index in [4.69, 9.17) is 0 Å². The Morgan fingerprint density at radius 1 is 0.571 bits per heavy atom. The SMILES string of the molecule is O=S(=O)([O-])c1ccccc1.O=S(=O)([O-])c1ccccc1.[Co+2]. The van der Waals surface area contributed by atoms with Gasteiger partial charge in [-0.3, -0.25) is 0 Å². The van der Waals surface area contributed by atoms with Crippen LogP contribution >= 0.6 is 0 Å². The summed E-state index contributed by atoms with van der Waals surface area (Å²) < 4.78 is 61.7. The first-order chi connectivity index (χ1) is 9.21. The molecule has 1 radical (unpaired) electrons. The third-order valence-corrected chi connectivity index (χ3v) is 3.76. The molecule has 2 aromatic rings. The molecule has 0 saturated carbocycles. The third kappa shape index (κ3) is 7.36. The quantitative estimate of drug-likeness (QED) is 0.730. The van der Waals surface area contributed by atoms with Gasteiger partial charge in [-0.05, 0) is 24.3 Å². The fourth-order valence-corrected chi connectivity index (χ4v) is 2.16. The molecule has 6 nitrogen and oxygen atoms in total. The van der Waals surface area contributed by atoms with E-state index in [1.54, 1.807) is 12.1 Å². The van der Waals surface area contributed by atoms with E-state index in [1.165, 1.54) is 48.5 Å². The zero-order valence-electron chi connectivity index (χ0n) is 10.4. The van der Waals surface area contributed by atoms with Gasteiger partial charge in [0.2, 0.25) is 0 Å². The molecule has 2 rings (SSSR count). The molecule has 0 aliphatic carbocycles. The molecule has 9 heteroatoms. The van der Waals surface area contributed by atoms with Gasteiger partial charge in [-0.1, -0.05) is 36.4 Å². The summed E-state index contributed by atoms with van der Waals surface area (Å²) in [5.41, 5.74) is 0. The van der Waals surface area contributed by atoms with Crippen LogP contribution < -0.4 is 0 Å². The summed E-state index contributed by atoms with van der Waals surface area (Å²) in [6.07, 6.45) is 0. The van der Waals surface area contributed by atoms with Crippen LogP contribution in [0, 0.1) is 0 Å². The standard InChI is InChI=1S/2C6H6O3S.Co/c2*7-10(8,9)6-4-2-1-3-5-6;/h2*1-5H,(H,7,8,9);/q;;+2/p-2. The summed E-state index contributed by atoms with van der Waals surface area (Å²) in [6.45, 7) is 0. The van der Waals surface area contributed by atoms with Crippen molar-refractivity contribution < 1.29 is 42.7 Å². The van der Waals surface area contributed by atoms with Gasteiger partial charge in [-0.2, -0.15) is 0 Å². The zero-order valence-corrected chi connectivity index (χ0v) is 13.0. The summed E-state index contributed by atoms with van der Waals surface area (Å²) in [5, 5.41) is 0.